The Labute approximate surface area is 130 Å². The molecule has 0 aromatic carbocycles. The minimum Gasteiger partial charge on any atom is -0.438 e. The second kappa shape index (κ2) is 8.76. The first kappa shape index (κ1) is 19.6. The second-order valence-corrected chi connectivity index (χ2v) is 4.65. The predicted molar refractivity (Wildman–Crippen MR) is 82.1 cm³/mol. The molecule has 0 aliphatic heterocycles. The van der Waals surface area contributed by atoms with Crippen molar-refractivity contribution in [1.82, 2.24) is 4.90 Å². The molecule has 0 heterocycles. The van der Waals surface area contributed by atoms with Crippen LogP contribution < -0.4 is 0 Å². The number of carbonyl (C=O) groups is 3. The Kier molecular flexibility index (Phi) is 7.79. The molecule has 122 valence electrons. The highest BCUT2D eigenvalue weighted by molar-refractivity contribution is 5.88. The van der Waals surface area contributed by atoms with Crippen LogP contribution in [0.15, 0.2) is 29.3 Å². The van der Waals surface area contributed by atoms with Crippen LogP contribution in [0.4, 0.5) is 4.79 Å². The van der Waals surface area contributed by atoms with Crippen LogP contribution in [-0.4, -0.2) is 41.5 Å². The van der Waals surface area contributed by atoms with Crippen LogP contribution in [0, 0.1) is 0 Å². The van der Waals surface area contributed by atoms with Crippen LogP contribution >= 0.6 is 0 Å². The maximum Gasteiger partial charge on any atom is 0.348 e. The van der Waals surface area contributed by atoms with Gasteiger partial charge in [-0.15, -0.1) is 0 Å². The van der Waals surface area contributed by atoms with Gasteiger partial charge in [0.25, 0.3) is 0 Å². The van der Waals surface area contributed by atoms with E-state index in [1.165, 1.54) is 33.9 Å². The largest absolute Gasteiger partial charge is 0.438 e. The summed E-state index contributed by atoms with van der Waals surface area (Å²) < 4.78 is 10.2. The number of esters is 2. The molecule has 0 aliphatic carbocycles. The Morgan fingerprint density at radius 2 is 1.36 bits per heavy atom. The molecular formula is C15H22N2O5. The number of carbonyl (C=O) groups excluding carboxylic acids is 3. The van der Waals surface area contributed by atoms with Gasteiger partial charge in [0, 0.05) is 17.4 Å². The van der Waals surface area contributed by atoms with Crippen molar-refractivity contribution in [2.24, 2.45) is 4.99 Å². The van der Waals surface area contributed by atoms with Gasteiger partial charge in [-0.05, 0) is 34.6 Å². The lowest BCUT2D eigenvalue weighted by atomic mass is 10.3. The van der Waals surface area contributed by atoms with Crippen LogP contribution in [0.5, 0.6) is 0 Å². The molecule has 2 unspecified atom stereocenters. The van der Waals surface area contributed by atoms with Gasteiger partial charge >= 0.3 is 18.0 Å². The summed E-state index contributed by atoms with van der Waals surface area (Å²) in [4.78, 5) is 39.8. The lowest BCUT2D eigenvalue weighted by Crippen LogP contribution is -2.47. The highest BCUT2D eigenvalue weighted by atomic mass is 16.6. The van der Waals surface area contributed by atoms with Gasteiger partial charge in [0.1, 0.15) is 0 Å². The molecule has 0 aromatic rings. The minimum atomic E-state index is -0.992. The zero-order chi connectivity index (χ0) is 17.4. The summed E-state index contributed by atoms with van der Waals surface area (Å²) in [5, 5.41) is 0. The fourth-order valence-corrected chi connectivity index (χ4v) is 1.41. The number of nitrogens with zero attached hydrogens (tertiary/aromatic N) is 2. The van der Waals surface area contributed by atoms with Gasteiger partial charge in [0.2, 0.25) is 0 Å². The first-order valence-electron chi connectivity index (χ1n) is 6.65. The summed E-state index contributed by atoms with van der Waals surface area (Å²) >= 11 is 0. The number of urea groups is 1. The summed E-state index contributed by atoms with van der Waals surface area (Å²) in [6.07, 6.45) is -0.697. The first-order chi connectivity index (χ1) is 10.1. The maximum atomic E-state index is 12.0. The van der Waals surface area contributed by atoms with E-state index in [1.54, 1.807) is 6.92 Å². The number of amides is 2. The van der Waals surface area contributed by atoms with E-state index in [0.29, 0.717) is 0 Å². The molecule has 2 amide bonds. The standard InChI is InChI=1S/C15H22N2O5/c1-8-16-15(20)17(11(6)21-13(18)9(2)3)12(7)22-14(19)10(4)5/h8,11-12H,2,4H2,1,3,5-7H3/b16-8+. The van der Waals surface area contributed by atoms with Gasteiger partial charge in [-0.3, -0.25) is 4.90 Å². The van der Waals surface area contributed by atoms with Crippen LogP contribution in [0.1, 0.15) is 34.6 Å². The third-order valence-electron chi connectivity index (χ3n) is 2.50. The van der Waals surface area contributed by atoms with E-state index in [2.05, 4.69) is 18.2 Å². The second-order valence-electron chi connectivity index (χ2n) is 4.65. The Hall–Kier alpha value is -2.44. The summed E-state index contributed by atoms with van der Waals surface area (Å²) in [5.41, 5.74) is 0.370. The molecule has 0 spiro atoms. The normalized spacial score (nSPS) is 13.1. The Balaban J connectivity index is 5.23. The number of ether oxygens (including phenoxy) is 2. The molecule has 0 saturated carbocycles. The SMILES string of the molecule is C=C(C)C(=O)OC(C)N(C(=O)/N=C/C)C(C)OC(=O)C(=C)C. The van der Waals surface area contributed by atoms with E-state index < -0.39 is 30.4 Å². The Morgan fingerprint density at radius 3 is 1.64 bits per heavy atom. The minimum absolute atomic E-state index is 0.185. The molecule has 0 radical (unpaired) electrons. The molecule has 0 aliphatic rings. The summed E-state index contributed by atoms with van der Waals surface area (Å²) in [6.45, 7) is 14.4. The lowest BCUT2D eigenvalue weighted by Gasteiger charge is -2.31. The molecule has 0 bridgehead atoms. The highest BCUT2D eigenvalue weighted by Crippen LogP contribution is 2.13. The summed E-state index contributed by atoms with van der Waals surface area (Å²) in [7, 11) is 0. The van der Waals surface area contributed by atoms with E-state index in [0.717, 1.165) is 4.90 Å². The van der Waals surface area contributed by atoms with Gasteiger partial charge in [-0.25, -0.2) is 19.4 Å². The van der Waals surface area contributed by atoms with Crippen LogP contribution in [0.2, 0.25) is 0 Å². The lowest BCUT2D eigenvalue weighted by molar-refractivity contribution is -0.166. The quantitative estimate of drug-likeness (QED) is 0.325. The van der Waals surface area contributed by atoms with E-state index in [9.17, 15) is 14.4 Å². The zero-order valence-electron chi connectivity index (χ0n) is 13.6. The molecule has 0 N–H and O–H groups in total. The van der Waals surface area contributed by atoms with Gasteiger partial charge < -0.3 is 9.47 Å². The van der Waals surface area contributed by atoms with Crippen LogP contribution in [-0.2, 0) is 19.1 Å². The van der Waals surface area contributed by atoms with Crippen molar-refractivity contribution in [3.8, 4) is 0 Å². The number of hydrogen-bond donors (Lipinski definition) is 0. The van der Waals surface area contributed by atoms with Crippen molar-refractivity contribution in [3.63, 3.8) is 0 Å². The molecule has 7 heteroatoms. The highest BCUT2D eigenvalue weighted by Gasteiger charge is 2.30. The topological polar surface area (TPSA) is 85.3 Å². The monoisotopic (exact) mass is 310 g/mol. The van der Waals surface area contributed by atoms with E-state index >= 15 is 0 Å². The average molecular weight is 310 g/mol. The number of hydrogen-bond acceptors (Lipinski definition) is 5. The number of aliphatic imine (C=N–C) groups is 1. The Bertz CT molecular complexity index is 476. The third kappa shape index (κ3) is 5.90. The van der Waals surface area contributed by atoms with Crippen molar-refractivity contribution < 1.29 is 23.9 Å². The van der Waals surface area contributed by atoms with Crippen LogP contribution in [0.3, 0.4) is 0 Å². The van der Waals surface area contributed by atoms with Gasteiger partial charge in [0.05, 0.1) is 0 Å². The third-order valence-corrected chi connectivity index (χ3v) is 2.50. The van der Waals surface area contributed by atoms with Crippen molar-refractivity contribution in [2.75, 3.05) is 0 Å². The number of rotatable bonds is 6. The molecule has 0 saturated heterocycles. The summed E-state index contributed by atoms with van der Waals surface area (Å²) in [6, 6.07) is -0.702. The average Bonchev–Trinajstić information content (AvgIpc) is 2.38. The van der Waals surface area contributed by atoms with E-state index in [-0.39, 0.29) is 11.1 Å². The molecule has 0 fully saturated rings. The van der Waals surface area contributed by atoms with E-state index in [1.807, 2.05) is 0 Å². The Morgan fingerprint density at radius 1 is 1.00 bits per heavy atom. The van der Waals surface area contributed by atoms with Crippen molar-refractivity contribution in [2.45, 2.75) is 47.1 Å². The van der Waals surface area contributed by atoms with Gasteiger partial charge in [0.15, 0.2) is 12.5 Å². The molecule has 2 atom stereocenters. The van der Waals surface area contributed by atoms with Crippen LogP contribution in [0.25, 0.3) is 0 Å². The fraction of sp³-hybridized carbons (Fsp3) is 0.467. The van der Waals surface area contributed by atoms with Gasteiger partial charge in [-0.1, -0.05) is 13.2 Å². The van der Waals surface area contributed by atoms with Gasteiger partial charge in [-0.2, -0.15) is 0 Å². The molecule has 0 aromatic heterocycles. The smallest absolute Gasteiger partial charge is 0.348 e. The molecule has 22 heavy (non-hydrogen) atoms. The predicted octanol–water partition coefficient (Wildman–Crippen LogP) is 2.43. The fourth-order valence-electron chi connectivity index (χ4n) is 1.41. The zero-order valence-corrected chi connectivity index (χ0v) is 13.6. The summed E-state index contributed by atoms with van der Waals surface area (Å²) in [5.74, 6) is -1.33. The first-order valence-corrected chi connectivity index (χ1v) is 6.65. The van der Waals surface area contributed by atoms with E-state index in [4.69, 9.17) is 9.47 Å². The van der Waals surface area contributed by atoms with Crippen molar-refractivity contribution >= 4 is 24.2 Å². The van der Waals surface area contributed by atoms with Crippen molar-refractivity contribution in [1.29, 1.82) is 0 Å². The molecule has 0 rings (SSSR count). The maximum absolute atomic E-state index is 12.0. The van der Waals surface area contributed by atoms with Crippen molar-refractivity contribution in [3.05, 3.63) is 24.3 Å². The molecular weight excluding hydrogens is 288 g/mol. The molecule has 7 nitrogen and oxygen atoms in total.